The third-order valence-electron chi connectivity index (χ3n) is 7.50. The van der Waals surface area contributed by atoms with Gasteiger partial charge in [0.15, 0.2) is 11.7 Å². The summed E-state index contributed by atoms with van der Waals surface area (Å²) in [6, 6.07) is 15.1. The molecule has 236 valence electrons. The number of anilines is 2. The van der Waals surface area contributed by atoms with Gasteiger partial charge in [-0.25, -0.2) is 13.4 Å². The molecule has 0 saturated carbocycles. The smallest absolute Gasteiger partial charge is 0.258 e. The van der Waals surface area contributed by atoms with Crippen molar-refractivity contribution in [1.82, 2.24) is 14.6 Å². The van der Waals surface area contributed by atoms with Crippen LogP contribution in [0.5, 0.6) is 5.75 Å². The van der Waals surface area contributed by atoms with Gasteiger partial charge in [0.1, 0.15) is 5.75 Å². The number of fused-ring (bicyclic) bond motifs is 1. The highest BCUT2D eigenvalue weighted by Gasteiger charge is 2.32. The lowest BCUT2D eigenvalue weighted by Crippen LogP contribution is -2.52. The van der Waals surface area contributed by atoms with Crippen molar-refractivity contribution in [1.29, 1.82) is 0 Å². The van der Waals surface area contributed by atoms with E-state index in [9.17, 15) is 18.3 Å². The van der Waals surface area contributed by atoms with Crippen LogP contribution in [0.4, 0.5) is 10.8 Å². The van der Waals surface area contributed by atoms with Crippen LogP contribution in [0.3, 0.4) is 0 Å². The van der Waals surface area contributed by atoms with E-state index >= 15 is 0 Å². The van der Waals surface area contributed by atoms with Gasteiger partial charge in [-0.3, -0.25) is 4.79 Å². The number of nitrogens with one attached hydrogen (secondary N) is 1. The average Bonchev–Trinajstić information content (AvgIpc) is 3.34. The predicted octanol–water partition coefficient (Wildman–Crippen LogP) is 4.20. The molecule has 0 aliphatic rings. The van der Waals surface area contributed by atoms with E-state index in [1.54, 1.807) is 12.1 Å². The number of aromatic nitrogens is 1. The zero-order chi connectivity index (χ0) is 32.2. The molecule has 0 spiro atoms. The Labute approximate surface area is 263 Å². The lowest BCUT2D eigenvalue weighted by molar-refractivity contribution is -0.124. The average molecular weight is 640 g/mol. The molecule has 4 rings (SSSR count). The number of benzene rings is 3. The summed E-state index contributed by atoms with van der Waals surface area (Å²) >= 11 is 1.21. The van der Waals surface area contributed by atoms with Crippen molar-refractivity contribution in [2.75, 3.05) is 31.2 Å². The third-order valence-corrected chi connectivity index (χ3v) is 10.2. The van der Waals surface area contributed by atoms with Gasteiger partial charge >= 0.3 is 0 Å². The first-order chi connectivity index (χ1) is 20.8. The third kappa shape index (κ3) is 7.86. The van der Waals surface area contributed by atoms with Crippen molar-refractivity contribution in [2.45, 2.75) is 58.1 Å². The minimum absolute atomic E-state index is 0.0230. The molecule has 44 heavy (non-hydrogen) atoms. The highest BCUT2D eigenvalue weighted by atomic mass is 32.2. The maximum Gasteiger partial charge on any atom is 0.258 e. The number of nitrogens with two attached hydrogens (primary N) is 2. The standard InChI is InChI=1S/C32H41N5O5S2/c1-19(2)16-37(44(40,41)24-11-12-26-29(15-24)43-32(34)36-26)17-28(38)27(14-23-9-7-6-8-10-23)35-30(39)18-42-31-20(3)13-25(33)21(4)22(31)5/h6-13,15,19,27-28,38H,14,16-18,33H2,1-5H3,(H2,34,36)(H,35,39). The topological polar surface area (TPSA) is 161 Å². The van der Waals surface area contributed by atoms with Gasteiger partial charge in [-0.1, -0.05) is 55.5 Å². The van der Waals surface area contributed by atoms with E-state index in [-0.39, 0.29) is 36.9 Å². The van der Waals surface area contributed by atoms with Gasteiger partial charge < -0.3 is 26.6 Å². The fraction of sp³-hybridized carbons (Fsp3) is 0.375. The SMILES string of the molecule is Cc1cc(N)c(C)c(C)c1OCC(=O)NC(Cc1ccccc1)C(O)CN(CC(C)C)S(=O)(=O)c1ccc2nc(N)sc2c1. The summed E-state index contributed by atoms with van der Waals surface area (Å²) in [5, 5.41) is 14.8. The van der Waals surface area contributed by atoms with Gasteiger partial charge in [0.25, 0.3) is 5.91 Å². The van der Waals surface area contributed by atoms with E-state index in [2.05, 4.69) is 10.3 Å². The maximum atomic E-state index is 13.9. The van der Waals surface area contributed by atoms with E-state index in [1.807, 2.05) is 71.0 Å². The molecule has 0 fully saturated rings. The number of rotatable bonds is 13. The van der Waals surface area contributed by atoms with Crippen LogP contribution < -0.4 is 21.5 Å². The lowest BCUT2D eigenvalue weighted by Gasteiger charge is -2.31. The van der Waals surface area contributed by atoms with Gasteiger partial charge in [0, 0.05) is 18.8 Å². The summed E-state index contributed by atoms with van der Waals surface area (Å²) in [6.45, 7) is 9.13. The van der Waals surface area contributed by atoms with E-state index in [0.717, 1.165) is 22.3 Å². The van der Waals surface area contributed by atoms with Crippen molar-refractivity contribution < 1.29 is 23.1 Å². The largest absolute Gasteiger partial charge is 0.483 e. The highest BCUT2D eigenvalue weighted by molar-refractivity contribution is 7.89. The van der Waals surface area contributed by atoms with E-state index in [0.29, 0.717) is 26.8 Å². The monoisotopic (exact) mass is 639 g/mol. The predicted molar refractivity (Wildman–Crippen MR) is 176 cm³/mol. The molecule has 2 atom stereocenters. The van der Waals surface area contributed by atoms with Crippen LogP contribution >= 0.6 is 11.3 Å². The first kappa shape index (κ1) is 33.2. The molecule has 6 N–H and O–H groups in total. The van der Waals surface area contributed by atoms with Crippen molar-refractivity contribution in [2.24, 2.45) is 5.92 Å². The number of aliphatic hydroxyl groups is 1. The number of aryl methyl sites for hydroxylation is 1. The van der Waals surface area contributed by atoms with Gasteiger partial charge in [-0.15, -0.1) is 0 Å². The fourth-order valence-electron chi connectivity index (χ4n) is 5.10. The maximum absolute atomic E-state index is 13.9. The molecule has 1 aromatic heterocycles. The minimum Gasteiger partial charge on any atom is -0.483 e. The van der Waals surface area contributed by atoms with Gasteiger partial charge in [-0.2, -0.15) is 4.31 Å². The van der Waals surface area contributed by atoms with Gasteiger partial charge in [-0.05, 0) is 79.6 Å². The molecule has 4 aromatic rings. The first-order valence-corrected chi connectivity index (χ1v) is 16.7. The number of thiazole rings is 1. The van der Waals surface area contributed by atoms with Gasteiger partial charge in [0.2, 0.25) is 10.0 Å². The summed E-state index contributed by atoms with van der Waals surface area (Å²) in [5.74, 6) is 0.121. The van der Waals surface area contributed by atoms with Crippen LogP contribution in [0.15, 0.2) is 59.5 Å². The number of carbonyl (C=O) groups is 1. The van der Waals surface area contributed by atoms with E-state index < -0.39 is 28.1 Å². The van der Waals surface area contributed by atoms with Crippen LogP contribution in [-0.4, -0.2) is 60.6 Å². The van der Waals surface area contributed by atoms with Crippen LogP contribution in [0, 0.1) is 26.7 Å². The summed E-state index contributed by atoms with van der Waals surface area (Å²) in [7, 11) is -4.01. The molecular weight excluding hydrogens is 599 g/mol. The molecule has 12 heteroatoms. The Balaban J connectivity index is 1.56. The molecule has 1 heterocycles. The number of nitrogens with zero attached hydrogens (tertiary/aromatic N) is 2. The quantitative estimate of drug-likeness (QED) is 0.158. The summed E-state index contributed by atoms with van der Waals surface area (Å²) in [4.78, 5) is 17.5. The van der Waals surface area contributed by atoms with Crippen molar-refractivity contribution in [3.63, 3.8) is 0 Å². The Hall–Kier alpha value is -3.71. The number of aliphatic hydroxyl groups excluding tert-OH is 1. The fourth-order valence-corrected chi connectivity index (χ4v) is 7.59. The van der Waals surface area contributed by atoms with Crippen LogP contribution in [0.2, 0.25) is 0 Å². The Kier molecular flexibility index (Phi) is 10.5. The Morgan fingerprint density at radius 3 is 2.43 bits per heavy atom. The highest BCUT2D eigenvalue weighted by Crippen LogP contribution is 2.30. The molecule has 0 bridgehead atoms. The summed E-state index contributed by atoms with van der Waals surface area (Å²) in [5.41, 5.74) is 16.6. The number of amides is 1. The van der Waals surface area contributed by atoms with Crippen LogP contribution in [0.25, 0.3) is 10.2 Å². The Morgan fingerprint density at radius 1 is 1.05 bits per heavy atom. The summed E-state index contributed by atoms with van der Waals surface area (Å²) in [6.07, 6.45) is -0.938. The molecule has 0 aliphatic heterocycles. The molecule has 0 aliphatic carbocycles. The number of carbonyl (C=O) groups excluding carboxylic acids is 1. The molecule has 3 aromatic carbocycles. The number of hydrogen-bond donors (Lipinski definition) is 4. The van der Waals surface area contributed by atoms with Crippen molar-refractivity contribution in [3.8, 4) is 5.75 Å². The lowest BCUT2D eigenvalue weighted by atomic mass is 10.0. The second-order valence-corrected chi connectivity index (χ2v) is 14.5. The van der Waals surface area contributed by atoms with E-state index in [1.165, 1.54) is 21.7 Å². The number of hydrogen-bond acceptors (Lipinski definition) is 9. The normalized spacial score (nSPS) is 13.4. The molecule has 0 saturated heterocycles. The van der Waals surface area contributed by atoms with Crippen LogP contribution in [-0.2, 0) is 21.2 Å². The second-order valence-electron chi connectivity index (χ2n) is 11.5. The zero-order valence-electron chi connectivity index (χ0n) is 25.7. The molecule has 1 amide bonds. The molecule has 0 radical (unpaired) electrons. The zero-order valence-corrected chi connectivity index (χ0v) is 27.3. The Morgan fingerprint density at radius 2 is 1.75 bits per heavy atom. The van der Waals surface area contributed by atoms with Crippen molar-refractivity contribution >= 4 is 48.3 Å². The van der Waals surface area contributed by atoms with E-state index in [4.69, 9.17) is 16.2 Å². The molecule has 10 nitrogen and oxygen atoms in total. The first-order valence-electron chi connectivity index (χ1n) is 14.4. The number of sulfonamides is 1. The number of nitrogen functional groups attached to an aromatic ring is 2. The number of ether oxygens (including phenoxy) is 1. The van der Waals surface area contributed by atoms with Gasteiger partial charge in [0.05, 0.1) is 27.3 Å². The van der Waals surface area contributed by atoms with Crippen molar-refractivity contribution in [3.05, 3.63) is 76.9 Å². The minimum atomic E-state index is -4.01. The van der Waals surface area contributed by atoms with Crippen LogP contribution in [0.1, 0.15) is 36.1 Å². The summed E-state index contributed by atoms with van der Waals surface area (Å²) < 4.78 is 35.6. The second kappa shape index (κ2) is 13.9. The molecule has 2 unspecified atom stereocenters. The Bertz CT molecular complexity index is 1720. The molecular formula is C32H41N5O5S2.